The fourth-order valence-electron chi connectivity index (χ4n) is 1.92. The Morgan fingerprint density at radius 3 is 1.48 bits per heavy atom. The van der Waals surface area contributed by atoms with Gasteiger partial charge in [0, 0.05) is 0 Å². The highest BCUT2D eigenvalue weighted by molar-refractivity contribution is 9.13. The van der Waals surface area contributed by atoms with Crippen LogP contribution in [0.1, 0.15) is 0 Å². The van der Waals surface area contributed by atoms with E-state index >= 15 is 0 Å². The lowest BCUT2D eigenvalue weighted by atomic mass is 10.3. The minimum absolute atomic E-state index is 0.340. The van der Waals surface area contributed by atoms with Gasteiger partial charge in [0.1, 0.15) is 21.6 Å². The molecule has 7 heteroatoms. The molecule has 0 spiro atoms. The zero-order valence-electron chi connectivity index (χ0n) is 11.5. The fraction of sp³-hybridized carbons (Fsp3) is 0. The molecule has 0 saturated heterocycles. The minimum atomic E-state index is -0.340. The molecule has 23 heavy (non-hydrogen) atoms. The van der Waals surface area contributed by atoms with Crippen molar-refractivity contribution in [1.29, 1.82) is 0 Å². The summed E-state index contributed by atoms with van der Waals surface area (Å²) < 4.78 is 29.0. The zero-order valence-corrected chi connectivity index (χ0v) is 15.5. The predicted octanol–water partition coefficient (Wildman–Crippen LogP) is 7.04. The average Bonchev–Trinajstić information content (AvgIpc) is 2.80. The lowest BCUT2D eigenvalue weighted by molar-refractivity contribution is 0.631. The first kappa shape index (κ1) is 16.4. The van der Waals surface area contributed by atoms with E-state index in [2.05, 4.69) is 42.5 Å². The smallest absolute Gasteiger partial charge is 0.146 e. The van der Waals surface area contributed by atoms with Gasteiger partial charge in [0.25, 0.3) is 0 Å². The Balaban J connectivity index is 1.90. The molecule has 0 fully saturated rings. The van der Waals surface area contributed by atoms with Crippen LogP contribution < -0.4 is 10.6 Å². The van der Waals surface area contributed by atoms with Gasteiger partial charge in [-0.1, -0.05) is 35.6 Å². The van der Waals surface area contributed by atoms with Crippen molar-refractivity contribution in [2.24, 2.45) is 0 Å². The molecule has 3 aromatic rings. The molecule has 0 bridgehead atoms. The van der Waals surface area contributed by atoms with Crippen molar-refractivity contribution in [3.63, 3.8) is 0 Å². The van der Waals surface area contributed by atoms with Gasteiger partial charge in [-0.2, -0.15) is 0 Å². The van der Waals surface area contributed by atoms with Gasteiger partial charge in [-0.15, -0.1) is 0 Å². The van der Waals surface area contributed by atoms with Gasteiger partial charge < -0.3 is 10.6 Å². The van der Waals surface area contributed by atoms with Gasteiger partial charge >= 0.3 is 0 Å². The van der Waals surface area contributed by atoms with Crippen molar-refractivity contribution in [1.82, 2.24) is 0 Å². The molecule has 3 rings (SSSR count). The maximum Gasteiger partial charge on any atom is 0.146 e. The molecule has 0 aliphatic heterocycles. The highest BCUT2D eigenvalue weighted by Crippen LogP contribution is 2.47. The minimum Gasteiger partial charge on any atom is -0.344 e. The van der Waals surface area contributed by atoms with E-state index in [9.17, 15) is 8.78 Å². The quantitative estimate of drug-likeness (QED) is 0.437. The summed E-state index contributed by atoms with van der Waals surface area (Å²) in [7, 11) is 0. The average molecular weight is 460 g/mol. The van der Waals surface area contributed by atoms with Crippen LogP contribution in [0.25, 0.3) is 0 Å². The molecule has 0 amide bonds. The third kappa shape index (κ3) is 3.57. The number of para-hydroxylation sites is 2. The van der Waals surface area contributed by atoms with E-state index in [1.54, 1.807) is 36.4 Å². The summed E-state index contributed by atoms with van der Waals surface area (Å²) in [6, 6.07) is 12.8. The van der Waals surface area contributed by atoms with Crippen LogP contribution in [0.2, 0.25) is 0 Å². The number of rotatable bonds is 4. The maximum absolute atomic E-state index is 13.8. The van der Waals surface area contributed by atoms with Gasteiger partial charge in [0.05, 0.1) is 20.3 Å². The molecular formula is C16H10Br2F2N2S. The monoisotopic (exact) mass is 458 g/mol. The van der Waals surface area contributed by atoms with E-state index < -0.39 is 0 Å². The number of thiophene rings is 1. The Kier molecular flexibility index (Phi) is 4.99. The topological polar surface area (TPSA) is 24.1 Å². The Morgan fingerprint density at radius 1 is 0.696 bits per heavy atom. The van der Waals surface area contributed by atoms with E-state index in [0.29, 0.717) is 21.4 Å². The molecule has 1 heterocycles. The molecular weight excluding hydrogens is 450 g/mol. The number of hydrogen-bond acceptors (Lipinski definition) is 3. The summed E-state index contributed by atoms with van der Waals surface area (Å²) in [5.74, 6) is -0.680. The second-order valence-corrected chi connectivity index (χ2v) is 7.20. The second-order valence-electron chi connectivity index (χ2n) is 4.60. The van der Waals surface area contributed by atoms with E-state index in [-0.39, 0.29) is 11.6 Å². The van der Waals surface area contributed by atoms with Crippen LogP contribution in [0.4, 0.5) is 30.2 Å². The Labute approximate surface area is 152 Å². The van der Waals surface area contributed by atoms with Gasteiger partial charge in [-0.3, -0.25) is 0 Å². The van der Waals surface area contributed by atoms with Crippen LogP contribution in [0, 0.1) is 11.6 Å². The van der Waals surface area contributed by atoms with Gasteiger partial charge in [0.2, 0.25) is 0 Å². The van der Waals surface area contributed by atoms with Crippen molar-refractivity contribution in [2.75, 3.05) is 10.6 Å². The molecule has 0 saturated carbocycles. The fourth-order valence-corrected chi connectivity index (χ4v) is 4.17. The van der Waals surface area contributed by atoms with Crippen molar-refractivity contribution >= 4 is 64.6 Å². The van der Waals surface area contributed by atoms with Crippen LogP contribution in [0.3, 0.4) is 0 Å². The standard InChI is InChI=1S/C16H10Br2F2N2S/c17-13-14(18)16(22-12-8-4-2-6-10(12)20)23-15(13)21-11-7-3-1-5-9(11)19/h1-8,21-22H. The van der Waals surface area contributed by atoms with Gasteiger partial charge in [0.15, 0.2) is 0 Å². The summed E-state index contributed by atoms with van der Waals surface area (Å²) in [6.45, 7) is 0. The number of nitrogens with one attached hydrogen (secondary N) is 2. The molecule has 2 nitrogen and oxygen atoms in total. The lowest BCUT2D eigenvalue weighted by Crippen LogP contribution is -1.91. The van der Waals surface area contributed by atoms with Crippen LogP contribution in [-0.2, 0) is 0 Å². The largest absolute Gasteiger partial charge is 0.344 e. The summed E-state index contributed by atoms with van der Waals surface area (Å²) in [6.07, 6.45) is 0. The van der Waals surface area contributed by atoms with E-state index in [1.807, 2.05) is 0 Å². The Bertz CT molecular complexity index is 784. The molecule has 1 aromatic heterocycles. The normalized spacial score (nSPS) is 10.6. The van der Waals surface area contributed by atoms with Gasteiger partial charge in [-0.25, -0.2) is 8.78 Å². The highest BCUT2D eigenvalue weighted by Gasteiger charge is 2.16. The van der Waals surface area contributed by atoms with Crippen molar-refractivity contribution in [3.05, 3.63) is 69.1 Å². The molecule has 0 radical (unpaired) electrons. The predicted molar refractivity (Wildman–Crippen MR) is 99.1 cm³/mol. The Hall–Kier alpha value is -1.44. The van der Waals surface area contributed by atoms with Crippen molar-refractivity contribution in [3.8, 4) is 0 Å². The van der Waals surface area contributed by atoms with Crippen LogP contribution in [-0.4, -0.2) is 0 Å². The van der Waals surface area contributed by atoms with E-state index in [4.69, 9.17) is 0 Å². The summed E-state index contributed by atoms with van der Waals surface area (Å²) >= 11 is 8.26. The molecule has 0 aliphatic carbocycles. The van der Waals surface area contributed by atoms with Crippen LogP contribution in [0.15, 0.2) is 57.5 Å². The molecule has 0 aliphatic rings. The third-order valence-corrected chi connectivity index (χ3v) is 6.70. The molecule has 0 unspecified atom stereocenters. The number of hydrogen-bond donors (Lipinski definition) is 2. The zero-order chi connectivity index (χ0) is 16.4. The highest BCUT2D eigenvalue weighted by atomic mass is 79.9. The second kappa shape index (κ2) is 6.98. The number of halogens is 4. The summed E-state index contributed by atoms with van der Waals surface area (Å²) in [4.78, 5) is 0. The first-order valence-electron chi connectivity index (χ1n) is 6.57. The van der Waals surface area contributed by atoms with E-state index in [0.717, 1.165) is 8.95 Å². The summed E-state index contributed by atoms with van der Waals surface area (Å²) in [5, 5.41) is 7.49. The van der Waals surface area contributed by atoms with Crippen molar-refractivity contribution in [2.45, 2.75) is 0 Å². The molecule has 2 aromatic carbocycles. The van der Waals surface area contributed by atoms with Crippen LogP contribution >= 0.6 is 43.2 Å². The first-order valence-corrected chi connectivity index (χ1v) is 8.97. The maximum atomic E-state index is 13.8. The molecule has 2 N–H and O–H groups in total. The third-order valence-electron chi connectivity index (χ3n) is 3.04. The van der Waals surface area contributed by atoms with Crippen LogP contribution in [0.5, 0.6) is 0 Å². The molecule has 118 valence electrons. The van der Waals surface area contributed by atoms with E-state index in [1.165, 1.54) is 23.5 Å². The number of anilines is 4. The first-order chi connectivity index (χ1) is 11.1. The lowest BCUT2D eigenvalue weighted by Gasteiger charge is -2.06. The molecule has 0 atom stereocenters. The van der Waals surface area contributed by atoms with Crippen molar-refractivity contribution < 1.29 is 8.78 Å². The van der Waals surface area contributed by atoms with Gasteiger partial charge in [-0.05, 0) is 56.1 Å². The number of benzene rings is 2. The SMILES string of the molecule is Fc1ccccc1Nc1sc(Nc2ccccc2F)c(Br)c1Br. The summed E-state index contributed by atoms with van der Waals surface area (Å²) in [5.41, 5.74) is 0.749. The Morgan fingerprint density at radius 2 is 1.09 bits per heavy atom.